The second-order valence-corrected chi connectivity index (χ2v) is 9.86. The van der Waals surface area contributed by atoms with Gasteiger partial charge in [0.25, 0.3) is 0 Å². The van der Waals surface area contributed by atoms with Crippen LogP contribution in [0.3, 0.4) is 0 Å². The van der Waals surface area contributed by atoms with Crippen LogP contribution < -0.4 is 5.32 Å². The van der Waals surface area contributed by atoms with Crippen molar-refractivity contribution < 1.29 is 24.2 Å². The standard InChI is InChI=1S/C28H34N2O5/c1-5-35-28(34)23-17(4)10-13-21-24(23)27(33)30(22(15-31)16(2)3)25(21)26(32)29-20-12-11-18-8-6-7-9-19(18)14-20/h6-14,16-17,21-25,31H,5,15H2,1-4H3,(H,29,32)/t17-,21+,22+,23-,24-,25+/m1/s1. The summed E-state index contributed by atoms with van der Waals surface area (Å²) in [5.41, 5.74) is 0.629. The van der Waals surface area contributed by atoms with Crippen molar-refractivity contribution >= 4 is 34.2 Å². The van der Waals surface area contributed by atoms with E-state index in [1.165, 1.54) is 4.90 Å². The number of hydrogen-bond acceptors (Lipinski definition) is 5. The molecule has 1 aliphatic carbocycles. The molecule has 186 valence electrons. The number of hydrogen-bond donors (Lipinski definition) is 2. The van der Waals surface area contributed by atoms with Gasteiger partial charge in [-0.05, 0) is 41.7 Å². The lowest BCUT2D eigenvalue weighted by Crippen LogP contribution is -2.52. The summed E-state index contributed by atoms with van der Waals surface area (Å²) in [6, 6.07) is 12.2. The average molecular weight is 479 g/mol. The number of carbonyl (C=O) groups excluding carboxylic acids is 3. The molecule has 1 heterocycles. The number of anilines is 1. The smallest absolute Gasteiger partial charge is 0.310 e. The Balaban J connectivity index is 1.72. The van der Waals surface area contributed by atoms with E-state index < -0.39 is 35.8 Å². The number of amides is 2. The molecule has 2 aromatic rings. The van der Waals surface area contributed by atoms with Crippen LogP contribution in [0.15, 0.2) is 54.6 Å². The highest BCUT2D eigenvalue weighted by molar-refractivity contribution is 6.02. The second kappa shape index (κ2) is 10.2. The summed E-state index contributed by atoms with van der Waals surface area (Å²) < 4.78 is 5.32. The number of nitrogens with zero attached hydrogens (tertiary/aromatic N) is 1. The van der Waals surface area contributed by atoms with Crippen LogP contribution in [0.2, 0.25) is 0 Å². The third-order valence-corrected chi connectivity index (χ3v) is 7.37. The van der Waals surface area contributed by atoms with Crippen LogP contribution in [0.5, 0.6) is 0 Å². The minimum atomic E-state index is -0.848. The maximum absolute atomic E-state index is 13.8. The Morgan fingerprint density at radius 3 is 2.49 bits per heavy atom. The number of allylic oxidation sites excluding steroid dienone is 1. The van der Waals surface area contributed by atoms with Gasteiger partial charge in [-0.15, -0.1) is 0 Å². The quantitative estimate of drug-likeness (QED) is 0.468. The molecule has 35 heavy (non-hydrogen) atoms. The van der Waals surface area contributed by atoms with Gasteiger partial charge in [-0.25, -0.2) is 0 Å². The van der Waals surface area contributed by atoms with Crippen LogP contribution in [0.1, 0.15) is 27.7 Å². The summed E-state index contributed by atoms with van der Waals surface area (Å²) in [7, 11) is 0. The van der Waals surface area contributed by atoms with E-state index in [0.29, 0.717) is 5.69 Å². The SMILES string of the molecule is CCOC(=O)[C@H]1[C@@H]2C(=O)N([C@@H](CO)C(C)C)[C@H](C(=O)Nc3ccc4ccccc4c3)[C@H]2C=C[C@H]1C. The molecule has 7 heteroatoms. The minimum Gasteiger partial charge on any atom is -0.466 e. The average Bonchev–Trinajstić information content (AvgIpc) is 3.11. The Morgan fingerprint density at radius 1 is 1.11 bits per heavy atom. The van der Waals surface area contributed by atoms with E-state index >= 15 is 0 Å². The van der Waals surface area contributed by atoms with Gasteiger partial charge in [-0.3, -0.25) is 14.4 Å². The molecule has 2 N–H and O–H groups in total. The van der Waals surface area contributed by atoms with Crippen LogP contribution in [-0.4, -0.2) is 53.1 Å². The summed E-state index contributed by atoms with van der Waals surface area (Å²) in [5, 5.41) is 15.2. The lowest BCUT2D eigenvalue weighted by atomic mass is 9.70. The molecular formula is C28H34N2O5. The molecule has 1 aliphatic heterocycles. The maximum atomic E-state index is 13.8. The van der Waals surface area contributed by atoms with Crippen molar-refractivity contribution in [2.75, 3.05) is 18.5 Å². The van der Waals surface area contributed by atoms with Gasteiger partial charge in [0.1, 0.15) is 6.04 Å². The van der Waals surface area contributed by atoms with Gasteiger partial charge in [0.15, 0.2) is 0 Å². The fourth-order valence-corrected chi connectivity index (χ4v) is 5.60. The lowest BCUT2D eigenvalue weighted by Gasteiger charge is -2.35. The van der Waals surface area contributed by atoms with Crippen molar-refractivity contribution in [3.8, 4) is 0 Å². The number of aliphatic hydroxyl groups excluding tert-OH is 1. The van der Waals surface area contributed by atoms with Crippen LogP contribution in [0.25, 0.3) is 10.8 Å². The van der Waals surface area contributed by atoms with Crippen molar-refractivity contribution in [2.24, 2.45) is 29.6 Å². The van der Waals surface area contributed by atoms with Crippen molar-refractivity contribution in [3.05, 3.63) is 54.6 Å². The summed E-state index contributed by atoms with van der Waals surface area (Å²) in [6.45, 7) is 7.40. The molecule has 1 saturated heterocycles. The van der Waals surface area contributed by atoms with Crippen molar-refractivity contribution in [1.29, 1.82) is 0 Å². The monoisotopic (exact) mass is 478 g/mol. The highest BCUT2D eigenvalue weighted by Gasteiger charge is 2.58. The van der Waals surface area contributed by atoms with E-state index in [-0.39, 0.29) is 36.9 Å². The van der Waals surface area contributed by atoms with E-state index in [1.54, 1.807) is 6.92 Å². The molecule has 0 aromatic heterocycles. The largest absolute Gasteiger partial charge is 0.466 e. The summed E-state index contributed by atoms with van der Waals surface area (Å²) in [4.78, 5) is 42.0. The number of fused-ring (bicyclic) bond motifs is 2. The number of esters is 1. The molecule has 0 bridgehead atoms. The van der Waals surface area contributed by atoms with Crippen LogP contribution in [0, 0.1) is 29.6 Å². The van der Waals surface area contributed by atoms with E-state index in [0.717, 1.165) is 10.8 Å². The molecule has 6 atom stereocenters. The number of likely N-dealkylation sites (tertiary alicyclic amines) is 1. The topological polar surface area (TPSA) is 95.9 Å². The lowest BCUT2D eigenvalue weighted by molar-refractivity contribution is -0.156. The molecule has 1 fully saturated rings. The molecule has 2 amide bonds. The van der Waals surface area contributed by atoms with Crippen molar-refractivity contribution in [1.82, 2.24) is 4.90 Å². The van der Waals surface area contributed by atoms with Gasteiger partial charge in [-0.1, -0.05) is 63.3 Å². The zero-order valence-electron chi connectivity index (χ0n) is 20.7. The Labute approximate surface area is 206 Å². The zero-order valence-corrected chi connectivity index (χ0v) is 20.7. The normalized spacial score (nSPS) is 26.6. The fraction of sp³-hybridized carbons (Fsp3) is 0.464. The first-order valence-electron chi connectivity index (χ1n) is 12.4. The highest BCUT2D eigenvalue weighted by atomic mass is 16.5. The van der Waals surface area contributed by atoms with Crippen LogP contribution >= 0.6 is 0 Å². The van der Waals surface area contributed by atoms with E-state index in [1.807, 2.05) is 75.4 Å². The van der Waals surface area contributed by atoms with Crippen LogP contribution in [-0.2, 0) is 19.1 Å². The first kappa shape index (κ1) is 24.9. The number of aliphatic hydroxyl groups is 1. The number of nitrogens with one attached hydrogen (secondary N) is 1. The number of ether oxygens (including phenoxy) is 1. The summed E-state index contributed by atoms with van der Waals surface area (Å²) in [6.07, 6.45) is 3.79. The molecule has 7 nitrogen and oxygen atoms in total. The van der Waals surface area contributed by atoms with Crippen molar-refractivity contribution in [2.45, 2.75) is 39.8 Å². The Bertz CT molecular complexity index is 1140. The van der Waals surface area contributed by atoms with E-state index in [4.69, 9.17) is 4.74 Å². The molecule has 2 aromatic carbocycles. The Morgan fingerprint density at radius 2 is 1.83 bits per heavy atom. The van der Waals surface area contributed by atoms with E-state index in [2.05, 4.69) is 5.32 Å². The highest BCUT2D eigenvalue weighted by Crippen LogP contribution is 2.45. The molecule has 0 saturated carbocycles. The van der Waals surface area contributed by atoms with Crippen molar-refractivity contribution in [3.63, 3.8) is 0 Å². The summed E-state index contributed by atoms with van der Waals surface area (Å²) >= 11 is 0. The van der Waals surface area contributed by atoms with Crippen LogP contribution in [0.4, 0.5) is 5.69 Å². The Hall–Kier alpha value is -3.19. The molecule has 2 aliphatic rings. The number of rotatable bonds is 7. The van der Waals surface area contributed by atoms with Gasteiger partial charge in [0.05, 0.1) is 31.1 Å². The molecule has 0 spiro atoms. The van der Waals surface area contributed by atoms with Gasteiger partial charge in [-0.2, -0.15) is 0 Å². The number of carbonyl (C=O) groups is 3. The maximum Gasteiger partial charge on any atom is 0.310 e. The first-order valence-corrected chi connectivity index (χ1v) is 12.4. The predicted octanol–water partition coefficient (Wildman–Crippen LogP) is 3.62. The minimum absolute atomic E-state index is 0.0810. The molecule has 4 rings (SSSR count). The van der Waals surface area contributed by atoms with Gasteiger partial charge >= 0.3 is 5.97 Å². The first-order chi connectivity index (χ1) is 16.8. The zero-order chi connectivity index (χ0) is 25.3. The van der Waals surface area contributed by atoms with Gasteiger partial charge < -0.3 is 20.1 Å². The number of benzene rings is 2. The second-order valence-electron chi connectivity index (χ2n) is 9.86. The fourth-order valence-electron chi connectivity index (χ4n) is 5.60. The third-order valence-electron chi connectivity index (χ3n) is 7.37. The molecule has 0 radical (unpaired) electrons. The van der Waals surface area contributed by atoms with Gasteiger partial charge in [0.2, 0.25) is 11.8 Å². The van der Waals surface area contributed by atoms with Gasteiger partial charge in [0, 0.05) is 11.6 Å². The molecular weight excluding hydrogens is 444 g/mol. The predicted molar refractivity (Wildman–Crippen MR) is 134 cm³/mol. The third kappa shape index (κ3) is 4.57. The summed E-state index contributed by atoms with van der Waals surface area (Å²) in [5.74, 6) is -3.20. The Kier molecular flexibility index (Phi) is 7.26. The molecule has 0 unspecified atom stereocenters. The van der Waals surface area contributed by atoms with E-state index in [9.17, 15) is 19.5 Å².